The van der Waals surface area contributed by atoms with Crippen LogP contribution in [0.3, 0.4) is 0 Å². The van der Waals surface area contributed by atoms with Gasteiger partial charge in [-0.3, -0.25) is 9.80 Å². The van der Waals surface area contributed by atoms with Crippen molar-refractivity contribution in [2.24, 2.45) is 0 Å². The number of nitrogens with zero attached hydrogens (tertiary/aromatic N) is 2. The summed E-state index contributed by atoms with van der Waals surface area (Å²) in [7, 11) is 4.00. The van der Waals surface area contributed by atoms with E-state index in [-0.39, 0.29) is 5.54 Å². The van der Waals surface area contributed by atoms with E-state index in [1.807, 2.05) is 6.07 Å². The second-order valence-electron chi connectivity index (χ2n) is 7.14. The minimum absolute atomic E-state index is 0.267. The molecule has 0 radical (unpaired) electrons. The van der Waals surface area contributed by atoms with Crippen LogP contribution in [0.15, 0.2) is 24.3 Å². The van der Waals surface area contributed by atoms with Gasteiger partial charge in [-0.1, -0.05) is 18.2 Å². The van der Waals surface area contributed by atoms with Crippen molar-refractivity contribution >= 4 is 0 Å². The molecule has 0 amide bonds. The standard InChI is InChI=1S/C18H30N2O/c1-14(16-9-7-8-10-17(16)21-6)19(5)15-11-12-20(13-15)18(2,3)4/h7-10,14-15H,11-13H2,1-6H3/t14?,15-/m1/s1. The average Bonchev–Trinajstić information content (AvgIpc) is 2.95. The average molecular weight is 290 g/mol. The quantitative estimate of drug-likeness (QED) is 0.843. The lowest BCUT2D eigenvalue weighted by Crippen LogP contribution is -2.43. The molecule has 118 valence electrons. The fourth-order valence-electron chi connectivity index (χ4n) is 3.23. The van der Waals surface area contributed by atoms with Crippen LogP contribution in [0, 0.1) is 0 Å². The van der Waals surface area contributed by atoms with Crippen molar-refractivity contribution in [1.29, 1.82) is 0 Å². The van der Waals surface area contributed by atoms with Crippen molar-refractivity contribution in [2.75, 3.05) is 27.2 Å². The first-order chi connectivity index (χ1) is 9.84. The lowest BCUT2D eigenvalue weighted by Gasteiger charge is -2.35. The minimum atomic E-state index is 0.267. The molecule has 1 aromatic carbocycles. The molecule has 1 unspecified atom stereocenters. The summed E-state index contributed by atoms with van der Waals surface area (Å²) >= 11 is 0. The summed E-state index contributed by atoms with van der Waals surface area (Å²) in [6.45, 7) is 11.5. The van der Waals surface area contributed by atoms with Crippen LogP contribution < -0.4 is 4.74 Å². The van der Waals surface area contributed by atoms with Gasteiger partial charge in [0.25, 0.3) is 0 Å². The van der Waals surface area contributed by atoms with Gasteiger partial charge >= 0.3 is 0 Å². The van der Waals surface area contributed by atoms with Crippen molar-refractivity contribution in [3.8, 4) is 5.75 Å². The van der Waals surface area contributed by atoms with Crippen molar-refractivity contribution in [3.63, 3.8) is 0 Å². The fraction of sp³-hybridized carbons (Fsp3) is 0.667. The summed E-state index contributed by atoms with van der Waals surface area (Å²) < 4.78 is 5.52. The molecule has 1 fully saturated rings. The summed E-state index contributed by atoms with van der Waals surface area (Å²) in [5.74, 6) is 0.988. The van der Waals surface area contributed by atoms with Crippen LogP contribution in [0.2, 0.25) is 0 Å². The number of para-hydroxylation sites is 1. The maximum absolute atomic E-state index is 5.52. The second-order valence-corrected chi connectivity index (χ2v) is 7.14. The van der Waals surface area contributed by atoms with Gasteiger partial charge in [-0.15, -0.1) is 0 Å². The number of benzene rings is 1. The van der Waals surface area contributed by atoms with Crippen LogP contribution in [0.4, 0.5) is 0 Å². The van der Waals surface area contributed by atoms with Crippen LogP contribution >= 0.6 is 0 Å². The minimum Gasteiger partial charge on any atom is -0.496 e. The number of rotatable bonds is 4. The summed E-state index contributed by atoms with van der Waals surface area (Å²) in [6, 6.07) is 9.34. The first-order valence-electron chi connectivity index (χ1n) is 7.94. The molecule has 0 saturated carbocycles. The molecule has 1 aromatic rings. The van der Waals surface area contributed by atoms with Crippen LogP contribution in [0.25, 0.3) is 0 Å². The Morgan fingerprint density at radius 2 is 1.95 bits per heavy atom. The maximum atomic E-state index is 5.52. The highest BCUT2D eigenvalue weighted by atomic mass is 16.5. The molecule has 1 saturated heterocycles. The highest BCUT2D eigenvalue weighted by Crippen LogP contribution is 2.32. The third-order valence-corrected chi connectivity index (χ3v) is 4.89. The van der Waals surface area contributed by atoms with E-state index in [0.29, 0.717) is 12.1 Å². The van der Waals surface area contributed by atoms with Crippen molar-refractivity contribution in [1.82, 2.24) is 9.80 Å². The van der Waals surface area contributed by atoms with Gasteiger partial charge in [0.2, 0.25) is 0 Å². The SMILES string of the molecule is COc1ccccc1C(C)N(C)[C@@H]1CCN(C(C)(C)C)C1. The van der Waals surface area contributed by atoms with Gasteiger partial charge in [0.15, 0.2) is 0 Å². The number of ether oxygens (including phenoxy) is 1. The zero-order valence-corrected chi connectivity index (χ0v) is 14.4. The molecule has 0 N–H and O–H groups in total. The Bertz CT molecular complexity index is 467. The van der Waals surface area contributed by atoms with Crippen molar-refractivity contribution in [3.05, 3.63) is 29.8 Å². The molecule has 3 nitrogen and oxygen atoms in total. The van der Waals surface area contributed by atoms with Gasteiger partial charge in [0.1, 0.15) is 5.75 Å². The first kappa shape index (κ1) is 16.3. The van der Waals surface area contributed by atoms with E-state index in [0.717, 1.165) is 12.3 Å². The van der Waals surface area contributed by atoms with Crippen LogP contribution in [0.1, 0.15) is 45.7 Å². The van der Waals surface area contributed by atoms with Gasteiger partial charge in [-0.25, -0.2) is 0 Å². The number of hydrogen-bond acceptors (Lipinski definition) is 3. The Morgan fingerprint density at radius 3 is 2.52 bits per heavy atom. The highest BCUT2D eigenvalue weighted by molar-refractivity contribution is 5.35. The molecule has 2 rings (SSSR count). The lowest BCUT2D eigenvalue weighted by atomic mass is 10.0. The largest absolute Gasteiger partial charge is 0.496 e. The number of methoxy groups -OCH3 is 1. The number of likely N-dealkylation sites (N-methyl/N-ethyl adjacent to an activating group) is 1. The normalized spacial score (nSPS) is 21.8. The summed E-state index contributed by atoms with van der Waals surface area (Å²) in [5.41, 5.74) is 1.54. The molecular formula is C18H30N2O. The van der Waals surface area contributed by atoms with Crippen LogP contribution in [-0.4, -0.2) is 48.6 Å². The molecule has 3 heteroatoms. The Kier molecular flexibility index (Phi) is 4.95. The predicted octanol–water partition coefficient (Wildman–Crippen LogP) is 3.56. The Balaban J connectivity index is 2.08. The van der Waals surface area contributed by atoms with E-state index in [1.165, 1.54) is 18.5 Å². The van der Waals surface area contributed by atoms with E-state index in [2.05, 4.69) is 62.7 Å². The molecule has 21 heavy (non-hydrogen) atoms. The number of likely N-dealkylation sites (tertiary alicyclic amines) is 1. The van der Waals surface area contributed by atoms with Gasteiger partial charge in [0.05, 0.1) is 7.11 Å². The zero-order valence-electron chi connectivity index (χ0n) is 14.4. The van der Waals surface area contributed by atoms with Crippen LogP contribution in [-0.2, 0) is 0 Å². The molecule has 0 spiro atoms. The van der Waals surface area contributed by atoms with Crippen molar-refractivity contribution in [2.45, 2.75) is 51.7 Å². The van der Waals surface area contributed by atoms with Gasteiger partial charge in [-0.05, 0) is 47.2 Å². The van der Waals surface area contributed by atoms with E-state index in [1.54, 1.807) is 7.11 Å². The topological polar surface area (TPSA) is 15.7 Å². The molecule has 1 heterocycles. The number of hydrogen-bond donors (Lipinski definition) is 0. The maximum Gasteiger partial charge on any atom is 0.123 e. The third kappa shape index (κ3) is 3.58. The second kappa shape index (κ2) is 6.37. The molecule has 0 aromatic heterocycles. The monoisotopic (exact) mass is 290 g/mol. The first-order valence-corrected chi connectivity index (χ1v) is 7.94. The summed E-state index contributed by atoms with van der Waals surface area (Å²) in [4.78, 5) is 5.09. The van der Waals surface area contributed by atoms with E-state index < -0.39 is 0 Å². The zero-order chi connectivity index (χ0) is 15.6. The van der Waals surface area contributed by atoms with Gasteiger partial charge in [-0.2, -0.15) is 0 Å². The summed E-state index contributed by atoms with van der Waals surface area (Å²) in [5, 5.41) is 0. The molecule has 0 aliphatic carbocycles. The summed E-state index contributed by atoms with van der Waals surface area (Å²) in [6.07, 6.45) is 1.24. The van der Waals surface area contributed by atoms with E-state index >= 15 is 0 Å². The molecule has 0 bridgehead atoms. The Morgan fingerprint density at radius 1 is 1.29 bits per heavy atom. The van der Waals surface area contributed by atoms with Crippen molar-refractivity contribution < 1.29 is 4.74 Å². The van der Waals surface area contributed by atoms with Gasteiger partial charge < -0.3 is 4.74 Å². The Labute approximate surface area is 129 Å². The third-order valence-electron chi connectivity index (χ3n) is 4.89. The van der Waals surface area contributed by atoms with Crippen LogP contribution in [0.5, 0.6) is 5.75 Å². The fourth-order valence-corrected chi connectivity index (χ4v) is 3.23. The predicted molar refractivity (Wildman–Crippen MR) is 88.9 cm³/mol. The molecule has 1 aliphatic heterocycles. The molecule has 2 atom stereocenters. The van der Waals surface area contributed by atoms with E-state index in [9.17, 15) is 0 Å². The highest BCUT2D eigenvalue weighted by Gasteiger charge is 2.34. The lowest BCUT2D eigenvalue weighted by molar-refractivity contribution is 0.137. The smallest absolute Gasteiger partial charge is 0.123 e. The van der Waals surface area contributed by atoms with E-state index in [4.69, 9.17) is 4.74 Å². The van der Waals surface area contributed by atoms with Gasteiger partial charge in [0, 0.05) is 36.3 Å². The molecule has 1 aliphatic rings. The molecular weight excluding hydrogens is 260 g/mol. The Hall–Kier alpha value is -1.06.